The van der Waals surface area contributed by atoms with Gasteiger partial charge in [0.05, 0.1) is 0 Å². The van der Waals surface area contributed by atoms with E-state index in [0.717, 1.165) is 0 Å². The quantitative estimate of drug-likeness (QED) is 0.0554. The molecule has 0 aliphatic rings. The fourth-order valence-corrected chi connectivity index (χ4v) is 158. The molecule has 1 N–H and O–H groups in total. The first-order valence-corrected chi connectivity index (χ1v) is 118. The van der Waals surface area contributed by atoms with Crippen LogP contribution in [0.5, 0.6) is 0 Å². The minimum atomic E-state index is -2.93. The Labute approximate surface area is 716 Å². The Hall–Kier alpha value is 4.95. The van der Waals surface area contributed by atoms with Gasteiger partial charge in [0.25, 0.3) is 0 Å². The van der Waals surface area contributed by atoms with Crippen LogP contribution in [-0.2, 0) is 111 Å². The third-order valence-corrected chi connectivity index (χ3v) is 120. The Morgan fingerprint density at radius 3 is 0.241 bits per heavy atom. The van der Waals surface area contributed by atoms with Crippen LogP contribution in [0.15, 0.2) is 0 Å². The second kappa shape index (κ2) is 39.5. The van der Waals surface area contributed by atoms with Crippen LogP contribution in [0.3, 0.4) is 0 Å². The molecule has 0 unspecified atom stereocenters. The molecule has 0 saturated carbocycles. The van der Waals surface area contributed by atoms with Gasteiger partial charge in [-0.1, -0.05) is 0 Å². The summed E-state index contributed by atoms with van der Waals surface area (Å²) in [7, 11) is -77.8. The van der Waals surface area contributed by atoms with E-state index in [-0.39, 0.29) is 0 Å². The molecule has 0 aromatic heterocycles. The van der Waals surface area contributed by atoms with Crippen molar-refractivity contribution >= 4 is 240 Å². The highest BCUT2D eigenvalue weighted by Gasteiger charge is 2.57. The van der Waals surface area contributed by atoms with Crippen molar-refractivity contribution in [3.05, 3.63) is 0 Å². The van der Waals surface area contributed by atoms with Crippen LogP contribution in [0.2, 0.25) is 367 Å². The largest absolute Gasteiger partial charge is 0.440 e. The summed E-state index contributed by atoms with van der Waals surface area (Å²) in [5.74, 6) is 0. The third kappa shape index (κ3) is 54.2. The van der Waals surface area contributed by atoms with Crippen molar-refractivity contribution < 1.29 is 116 Å². The lowest BCUT2D eigenvalue weighted by atomic mass is 11.9. The Bertz CT molecular complexity index is 2920. The molecule has 0 radical (unpaired) electrons. The van der Waals surface area contributed by atoms with Gasteiger partial charge in [-0.3, -0.25) is 0 Å². The van der Waals surface area contributed by atoms with Crippen molar-refractivity contribution in [2.24, 2.45) is 0 Å². The van der Waals surface area contributed by atoms with Crippen molar-refractivity contribution in [3.63, 3.8) is 0 Å². The normalized spacial score (nSPS) is 16.2. The zero-order chi connectivity index (χ0) is 90.2. The Kier molecular flexibility index (Phi) is 41.2. The van der Waals surface area contributed by atoms with E-state index in [0.29, 0.717) is 0 Å². The van der Waals surface area contributed by atoms with Gasteiger partial charge in [-0.05, 0) is 367 Å². The molecule has 0 aliphatic heterocycles. The highest BCUT2D eigenvalue weighted by molar-refractivity contribution is 6.98. The molecule has 0 bridgehead atoms. The molecule has 0 atom stereocenters. The van der Waals surface area contributed by atoms with Gasteiger partial charge in [-0.2, -0.15) is 0 Å². The molecule has 0 amide bonds. The van der Waals surface area contributed by atoms with Crippen molar-refractivity contribution in [2.45, 2.75) is 367 Å². The summed E-state index contributed by atoms with van der Waals surface area (Å²) < 4.78 is 185. The van der Waals surface area contributed by atoms with Gasteiger partial charge in [-0.25, -0.2) is 0 Å². The summed E-state index contributed by atoms with van der Waals surface area (Å²) in [4.78, 5) is 10.5. The Morgan fingerprint density at radius 1 is 0.116 bits per heavy atom. The van der Waals surface area contributed by atoms with E-state index in [2.05, 4.69) is 183 Å². The summed E-state index contributed by atoms with van der Waals surface area (Å²) in [5, 5.41) is 0. The molecule has 28 nitrogen and oxygen atoms in total. The monoisotopic (exact) mass is 2070 g/mol. The van der Waals surface area contributed by atoms with Gasteiger partial charge in [-0.15, -0.1) is 0 Å². The lowest BCUT2D eigenvalue weighted by Crippen LogP contribution is -2.63. The van der Waals surface area contributed by atoms with Gasteiger partial charge in [0.1, 0.15) is 0 Å². The summed E-state index contributed by atoms with van der Waals surface area (Å²) in [6.07, 6.45) is 0. The topological polar surface area (TPSA) is 269 Å². The average Bonchev–Trinajstić information content (AvgIpc) is 0.805. The molecule has 112 heavy (non-hydrogen) atoms. The van der Waals surface area contributed by atoms with Crippen molar-refractivity contribution in [1.82, 2.24) is 0 Å². The standard InChI is InChI=1S/C56H170O28Si28/c1-85(2)58-87(5,6)60-89(9,10)62-91(13,14)64-93(17,18)66-95(21,22)68-97(25,26)70-99(29,30)72-101(33,34)74-103(37,38)76-105(41,42)78-107(45,46)80-109(49,50)82-111(53,54)84-112(55,56)83-110(51,52)81-108(47,48)79-106(43,44)77-104(39,40)75-102(35,36)73-100(31,32)71-98(27,28)69-96(23,24)67-94(19,20)65-92(15,16)63-90(11,12)61-88(7,8)59-86(3,4)57/h57,85H,1-56H3. The molecule has 0 aliphatic carbocycles. The van der Waals surface area contributed by atoms with Gasteiger partial charge in [0, 0.05) is 0 Å². The van der Waals surface area contributed by atoms with E-state index >= 15 is 0 Å². The van der Waals surface area contributed by atoms with Gasteiger partial charge in [0.2, 0.25) is 0 Å². The smallest absolute Gasteiger partial charge is 0.320 e. The molecule has 56 heteroatoms. The first kappa shape index (κ1) is 117. The summed E-state index contributed by atoms with van der Waals surface area (Å²) >= 11 is 0. The third-order valence-electron chi connectivity index (χ3n) is 13.3. The van der Waals surface area contributed by atoms with Crippen LogP contribution in [0, 0.1) is 0 Å². The fourth-order valence-electron chi connectivity index (χ4n) is 16.5. The highest BCUT2D eigenvalue weighted by Crippen LogP contribution is 2.37. The second-order valence-corrected chi connectivity index (χ2v) is 142. The van der Waals surface area contributed by atoms with Crippen LogP contribution in [-0.4, -0.2) is 245 Å². The molecule has 0 saturated heterocycles. The maximum atomic E-state index is 10.5. The fraction of sp³-hybridized carbons (Fsp3) is 1.00. The van der Waals surface area contributed by atoms with Gasteiger partial charge < -0.3 is 116 Å². The average molecular weight is 2080 g/mol. The lowest BCUT2D eigenvalue weighted by Gasteiger charge is -2.45. The molecule has 0 fully saturated rings. The molecular weight excluding hydrogens is 1910 g/mol. The van der Waals surface area contributed by atoms with Crippen molar-refractivity contribution in [3.8, 4) is 0 Å². The molecule has 0 rings (SSSR count). The summed E-state index contributed by atoms with van der Waals surface area (Å²) in [5.41, 5.74) is 0. The second-order valence-electron chi connectivity index (χ2n) is 41.7. The minimum absolute atomic E-state index is 1.28. The van der Waals surface area contributed by atoms with Crippen LogP contribution >= 0.6 is 0 Å². The van der Waals surface area contributed by atoms with Crippen LogP contribution in [0.25, 0.3) is 0 Å². The first-order chi connectivity index (χ1) is 47.8. The predicted molar refractivity (Wildman–Crippen MR) is 522 cm³/mol. The molecule has 674 valence electrons. The predicted octanol–water partition coefficient (Wildman–Crippen LogP) is 19.4. The zero-order valence-electron chi connectivity index (χ0n) is 81.5. The molecule has 0 aromatic carbocycles. The molecular formula is C56H170O28Si28. The first-order valence-electron chi connectivity index (χ1n) is 39.4. The number of rotatable bonds is 54. The minimum Gasteiger partial charge on any atom is -0.440 e. The van der Waals surface area contributed by atoms with Crippen LogP contribution in [0.1, 0.15) is 0 Å². The van der Waals surface area contributed by atoms with E-state index in [4.69, 9.17) is 111 Å². The number of hydrogen-bond donors (Lipinski definition) is 1. The van der Waals surface area contributed by atoms with Gasteiger partial charge >= 0.3 is 231 Å². The van der Waals surface area contributed by atoms with E-state index in [1.54, 1.807) is 13.1 Å². The van der Waals surface area contributed by atoms with E-state index in [1.165, 1.54) is 0 Å². The Balaban J connectivity index is 5.94. The van der Waals surface area contributed by atoms with E-state index < -0.39 is 240 Å². The van der Waals surface area contributed by atoms with E-state index in [1.807, 2.05) is 170 Å². The van der Waals surface area contributed by atoms with Crippen molar-refractivity contribution in [2.75, 3.05) is 0 Å². The Morgan fingerprint density at radius 2 is 0.179 bits per heavy atom. The zero-order valence-corrected chi connectivity index (χ0v) is 110. The van der Waals surface area contributed by atoms with Gasteiger partial charge in [0.15, 0.2) is 9.04 Å². The molecule has 0 spiro atoms. The SMILES string of the molecule is C[SiH](C)O[Si](C)(C)O[Si](C)(C)O[Si](C)(C)O[Si](C)(C)O[Si](C)(C)O[Si](C)(C)O[Si](C)(C)O[Si](C)(C)O[Si](C)(C)O[Si](C)(C)O[Si](C)(C)O[Si](C)(C)O[Si](C)(C)O[Si](C)(C)O[Si](C)(C)O[Si](C)(C)O[Si](C)(C)O[Si](C)(C)O[Si](C)(C)O[Si](C)(C)O[Si](C)(C)O[Si](C)(C)O[Si](C)(C)O[Si](C)(C)O[Si](C)(C)O[Si](C)(C)O[Si](C)(C)O. The number of hydrogen-bond acceptors (Lipinski definition) is 28. The molecule has 0 aromatic rings. The van der Waals surface area contributed by atoms with E-state index in [9.17, 15) is 4.80 Å². The van der Waals surface area contributed by atoms with Crippen molar-refractivity contribution in [1.29, 1.82) is 0 Å². The molecule has 0 heterocycles. The lowest BCUT2D eigenvalue weighted by molar-refractivity contribution is 0.243. The highest BCUT2D eigenvalue weighted by atomic mass is 28.6. The summed E-state index contributed by atoms with van der Waals surface area (Å²) in [6, 6.07) is 0. The maximum absolute atomic E-state index is 10.5. The van der Waals surface area contributed by atoms with Crippen LogP contribution < -0.4 is 0 Å². The van der Waals surface area contributed by atoms with Crippen LogP contribution in [0.4, 0.5) is 0 Å². The summed E-state index contributed by atoms with van der Waals surface area (Å²) in [6.45, 7) is 114. The maximum Gasteiger partial charge on any atom is 0.320 e.